The molecular weight excluding hydrogens is 343 g/mol. The van der Waals surface area contributed by atoms with Crippen molar-refractivity contribution in [3.05, 3.63) is 51.8 Å². The SMILES string of the molecule is Cc1cc(C)c(C(=O)NCCn2nc(C(F)(F)F)cc2C2CC2)c(C)c1. The van der Waals surface area contributed by atoms with Gasteiger partial charge >= 0.3 is 6.18 Å². The van der Waals surface area contributed by atoms with E-state index in [1.807, 2.05) is 32.9 Å². The fraction of sp³-hybridized carbons (Fsp3) is 0.474. The number of halogens is 3. The number of hydrogen-bond donors (Lipinski definition) is 1. The van der Waals surface area contributed by atoms with E-state index in [0.717, 1.165) is 35.6 Å². The predicted molar refractivity (Wildman–Crippen MR) is 92.2 cm³/mol. The minimum atomic E-state index is -4.45. The highest BCUT2D eigenvalue weighted by Gasteiger charge is 2.37. The largest absolute Gasteiger partial charge is 0.435 e. The van der Waals surface area contributed by atoms with Crippen molar-refractivity contribution in [3.8, 4) is 0 Å². The summed E-state index contributed by atoms with van der Waals surface area (Å²) in [7, 11) is 0. The van der Waals surface area contributed by atoms with Gasteiger partial charge in [0.25, 0.3) is 5.91 Å². The highest BCUT2D eigenvalue weighted by molar-refractivity contribution is 5.97. The molecule has 26 heavy (non-hydrogen) atoms. The number of carbonyl (C=O) groups is 1. The molecule has 1 saturated carbocycles. The topological polar surface area (TPSA) is 46.9 Å². The lowest BCUT2D eigenvalue weighted by atomic mass is 9.99. The molecule has 0 spiro atoms. The Morgan fingerprint density at radius 3 is 2.35 bits per heavy atom. The Morgan fingerprint density at radius 1 is 1.19 bits per heavy atom. The number of amides is 1. The maximum Gasteiger partial charge on any atom is 0.435 e. The number of aryl methyl sites for hydroxylation is 3. The summed E-state index contributed by atoms with van der Waals surface area (Å²) in [4.78, 5) is 12.5. The number of nitrogens with zero attached hydrogens (tertiary/aromatic N) is 2. The minimum absolute atomic E-state index is 0.149. The number of carbonyl (C=O) groups excluding carboxylic acids is 1. The number of alkyl halides is 3. The third kappa shape index (κ3) is 3.92. The van der Waals surface area contributed by atoms with Crippen LogP contribution in [0.25, 0.3) is 0 Å². The second kappa shape index (κ2) is 6.78. The first kappa shape index (κ1) is 18.5. The van der Waals surface area contributed by atoms with Crippen LogP contribution in [0.4, 0.5) is 13.2 Å². The molecule has 3 rings (SSSR count). The molecule has 1 heterocycles. The zero-order valence-corrected chi connectivity index (χ0v) is 15.1. The van der Waals surface area contributed by atoms with Crippen molar-refractivity contribution in [1.82, 2.24) is 15.1 Å². The van der Waals surface area contributed by atoms with E-state index >= 15 is 0 Å². The van der Waals surface area contributed by atoms with E-state index in [4.69, 9.17) is 0 Å². The van der Waals surface area contributed by atoms with E-state index in [-0.39, 0.29) is 24.9 Å². The zero-order valence-electron chi connectivity index (χ0n) is 15.1. The van der Waals surface area contributed by atoms with Crippen molar-refractivity contribution in [2.45, 2.75) is 52.3 Å². The average molecular weight is 365 g/mol. The molecule has 4 nitrogen and oxygen atoms in total. The highest BCUT2D eigenvalue weighted by atomic mass is 19.4. The molecule has 1 aromatic carbocycles. The van der Waals surface area contributed by atoms with Gasteiger partial charge in [0.2, 0.25) is 0 Å². The molecule has 1 N–H and O–H groups in total. The van der Waals surface area contributed by atoms with Crippen LogP contribution < -0.4 is 5.32 Å². The van der Waals surface area contributed by atoms with Crippen molar-refractivity contribution in [2.24, 2.45) is 0 Å². The van der Waals surface area contributed by atoms with Gasteiger partial charge in [0, 0.05) is 23.7 Å². The second-order valence-corrected chi connectivity index (χ2v) is 6.98. The first-order chi connectivity index (χ1) is 12.2. The average Bonchev–Trinajstić information content (AvgIpc) is 3.25. The highest BCUT2D eigenvalue weighted by Crippen LogP contribution is 2.42. The van der Waals surface area contributed by atoms with Crippen molar-refractivity contribution < 1.29 is 18.0 Å². The summed E-state index contributed by atoms with van der Waals surface area (Å²) in [6.45, 7) is 6.17. The monoisotopic (exact) mass is 365 g/mol. The van der Waals surface area contributed by atoms with E-state index in [1.165, 1.54) is 4.68 Å². The smallest absolute Gasteiger partial charge is 0.350 e. The van der Waals surface area contributed by atoms with Gasteiger partial charge in [-0.2, -0.15) is 18.3 Å². The second-order valence-electron chi connectivity index (χ2n) is 6.98. The van der Waals surface area contributed by atoms with Gasteiger partial charge in [0.15, 0.2) is 5.69 Å². The summed E-state index contributed by atoms with van der Waals surface area (Å²) >= 11 is 0. The molecule has 1 aromatic heterocycles. The number of hydrogen-bond acceptors (Lipinski definition) is 2. The predicted octanol–water partition coefficient (Wildman–Crippen LogP) is 4.13. The van der Waals surface area contributed by atoms with E-state index in [9.17, 15) is 18.0 Å². The van der Waals surface area contributed by atoms with Gasteiger partial charge in [0.1, 0.15) is 0 Å². The Hall–Kier alpha value is -2.31. The van der Waals surface area contributed by atoms with E-state index < -0.39 is 11.9 Å². The quantitative estimate of drug-likeness (QED) is 0.866. The van der Waals surface area contributed by atoms with Crippen LogP contribution in [-0.4, -0.2) is 22.2 Å². The Balaban J connectivity index is 1.69. The fourth-order valence-corrected chi connectivity index (χ4v) is 3.36. The van der Waals surface area contributed by atoms with E-state index in [0.29, 0.717) is 11.3 Å². The van der Waals surface area contributed by atoms with Gasteiger partial charge in [-0.3, -0.25) is 9.48 Å². The van der Waals surface area contributed by atoms with Crippen LogP contribution in [0, 0.1) is 20.8 Å². The lowest BCUT2D eigenvalue weighted by Gasteiger charge is -2.12. The molecule has 1 fully saturated rings. The lowest BCUT2D eigenvalue weighted by Crippen LogP contribution is -2.29. The Bertz CT molecular complexity index is 812. The van der Waals surface area contributed by atoms with Crippen molar-refractivity contribution >= 4 is 5.91 Å². The number of benzene rings is 1. The summed E-state index contributed by atoms with van der Waals surface area (Å²) < 4.78 is 40.1. The van der Waals surface area contributed by atoms with Crippen LogP contribution in [0.3, 0.4) is 0 Å². The van der Waals surface area contributed by atoms with Gasteiger partial charge in [-0.1, -0.05) is 17.7 Å². The molecule has 1 amide bonds. The molecule has 0 bridgehead atoms. The molecule has 1 aliphatic carbocycles. The van der Waals surface area contributed by atoms with Crippen LogP contribution in [0.2, 0.25) is 0 Å². The van der Waals surface area contributed by atoms with Crippen LogP contribution in [0.1, 0.15) is 57.2 Å². The molecule has 0 unspecified atom stereocenters. The first-order valence-corrected chi connectivity index (χ1v) is 8.68. The summed E-state index contributed by atoms with van der Waals surface area (Å²) in [6, 6.07) is 5.01. The first-order valence-electron chi connectivity index (χ1n) is 8.68. The molecule has 1 aliphatic rings. The van der Waals surface area contributed by atoms with Crippen molar-refractivity contribution in [3.63, 3.8) is 0 Å². The van der Waals surface area contributed by atoms with Gasteiger partial charge in [-0.25, -0.2) is 0 Å². The summed E-state index contributed by atoms with van der Waals surface area (Å²) in [6.07, 6.45) is -2.68. The van der Waals surface area contributed by atoms with Gasteiger partial charge < -0.3 is 5.32 Å². The normalized spacial score (nSPS) is 14.5. The lowest BCUT2D eigenvalue weighted by molar-refractivity contribution is -0.141. The van der Waals surface area contributed by atoms with Crippen molar-refractivity contribution in [2.75, 3.05) is 6.54 Å². The number of rotatable bonds is 5. The molecule has 0 aliphatic heterocycles. The van der Waals surface area contributed by atoms with E-state index in [2.05, 4.69) is 10.4 Å². The third-order valence-electron chi connectivity index (χ3n) is 4.61. The van der Waals surface area contributed by atoms with Gasteiger partial charge in [-0.15, -0.1) is 0 Å². The summed E-state index contributed by atoms with van der Waals surface area (Å²) in [5.74, 6) is -0.0629. The van der Waals surface area contributed by atoms with Gasteiger partial charge in [0.05, 0.1) is 6.54 Å². The number of nitrogens with one attached hydrogen (secondary N) is 1. The van der Waals surface area contributed by atoms with E-state index in [1.54, 1.807) is 0 Å². The van der Waals surface area contributed by atoms with Gasteiger partial charge in [-0.05, 0) is 50.8 Å². The summed E-state index contributed by atoms with van der Waals surface area (Å²) in [5.41, 5.74) is 3.22. The van der Waals surface area contributed by atoms with Crippen LogP contribution in [-0.2, 0) is 12.7 Å². The van der Waals surface area contributed by atoms with Crippen molar-refractivity contribution in [1.29, 1.82) is 0 Å². The fourth-order valence-electron chi connectivity index (χ4n) is 3.36. The minimum Gasteiger partial charge on any atom is -0.350 e. The molecule has 2 aromatic rings. The molecule has 0 atom stereocenters. The molecule has 0 saturated heterocycles. The standard InChI is InChI=1S/C19H22F3N3O/c1-11-8-12(2)17(13(3)9-11)18(26)23-6-7-25-15(14-4-5-14)10-16(24-25)19(20,21)22/h8-10,14H,4-7H2,1-3H3,(H,23,26). The molecular formula is C19H22F3N3O. The van der Waals surface area contributed by atoms with Crippen LogP contribution in [0.15, 0.2) is 18.2 Å². The Labute approximate surface area is 150 Å². The summed E-state index contributed by atoms with van der Waals surface area (Å²) in [5, 5.41) is 6.50. The molecule has 7 heteroatoms. The maximum absolute atomic E-state index is 12.9. The van der Waals surface area contributed by atoms with Crippen LogP contribution >= 0.6 is 0 Å². The van der Waals surface area contributed by atoms with Crippen LogP contribution in [0.5, 0.6) is 0 Å². The third-order valence-corrected chi connectivity index (χ3v) is 4.61. The molecule has 140 valence electrons. The number of aromatic nitrogens is 2. The Morgan fingerprint density at radius 2 is 1.81 bits per heavy atom. The molecule has 0 radical (unpaired) electrons. The Kier molecular flexibility index (Phi) is 4.82. The maximum atomic E-state index is 12.9. The zero-order chi connectivity index (χ0) is 19.1.